The lowest BCUT2D eigenvalue weighted by molar-refractivity contribution is -0.359. The van der Waals surface area contributed by atoms with E-state index in [-0.39, 0.29) is 18.9 Å². The third-order valence-electron chi connectivity index (χ3n) is 15.3. The molecule has 2 rings (SSSR count). The third kappa shape index (κ3) is 34.1. The quantitative estimate of drug-likeness (QED) is 0.0204. The summed E-state index contributed by atoms with van der Waals surface area (Å²) in [5, 5.41) is 87.2. The molecular formula is C63H115NO13. The Kier molecular flexibility index (Phi) is 44.9. The molecule has 12 atom stereocenters. The van der Waals surface area contributed by atoms with E-state index in [1.165, 1.54) is 154 Å². The zero-order valence-corrected chi connectivity index (χ0v) is 48.5. The van der Waals surface area contributed by atoms with Gasteiger partial charge in [-0.15, -0.1) is 0 Å². The zero-order valence-electron chi connectivity index (χ0n) is 48.5. The van der Waals surface area contributed by atoms with Crippen molar-refractivity contribution < 1.29 is 64.6 Å². The van der Waals surface area contributed by atoms with Crippen LogP contribution in [0.2, 0.25) is 0 Å². The monoisotopic (exact) mass is 1090 g/mol. The summed E-state index contributed by atoms with van der Waals surface area (Å²) in [7, 11) is 0. The molecule has 0 saturated carbocycles. The van der Waals surface area contributed by atoms with Crippen LogP contribution in [0.4, 0.5) is 0 Å². The van der Waals surface area contributed by atoms with Gasteiger partial charge in [0.05, 0.1) is 32.0 Å². The maximum Gasteiger partial charge on any atom is 0.220 e. The van der Waals surface area contributed by atoms with Gasteiger partial charge in [0.2, 0.25) is 5.91 Å². The maximum atomic E-state index is 13.3. The molecule has 9 N–H and O–H groups in total. The molecule has 14 heteroatoms. The fourth-order valence-electron chi connectivity index (χ4n) is 10.2. The molecule has 1 amide bonds. The van der Waals surface area contributed by atoms with Crippen molar-refractivity contribution in [1.82, 2.24) is 5.32 Å². The second-order valence-electron chi connectivity index (χ2n) is 22.2. The summed E-state index contributed by atoms with van der Waals surface area (Å²) in [6.45, 7) is 2.70. The van der Waals surface area contributed by atoms with Crippen LogP contribution < -0.4 is 5.32 Å². The Morgan fingerprint density at radius 1 is 0.481 bits per heavy atom. The van der Waals surface area contributed by atoms with Crippen molar-refractivity contribution in [2.45, 2.75) is 325 Å². The fourth-order valence-corrected chi connectivity index (χ4v) is 10.2. The molecule has 0 radical (unpaired) electrons. The Morgan fingerprint density at radius 2 is 0.896 bits per heavy atom. The summed E-state index contributed by atoms with van der Waals surface area (Å²) in [6, 6.07) is -0.922. The number of amides is 1. The first-order valence-electron chi connectivity index (χ1n) is 31.4. The Balaban J connectivity index is 1.73. The molecule has 0 aromatic rings. The van der Waals surface area contributed by atoms with E-state index in [2.05, 4.69) is 55.6 Å². The molecule has 2 fully saturated rings. The number of hydrogen-bond donors (Lipinski definition) is 9. The molecule has 14 nitrogen and oxygen atoms in total. The highest BCUT2D eigenvalue weighted by molar-refractivity contribution is 5.76. The lowest BCUT2D eigenvalue weighted by atomic mass is 9.97. The predicted octanol–water partition coefficient (Wildman–Crippen LogP) is 11.2. The van der Waals surface area contributed by atoms with Crippen LogP contribution in [-0.4, -0.2) is 140 Å². The molecule has 0 aliphatic carbocycles. The maximum absolute atomic E-state index is 13.3. The molecule has 77 heavy (non-hydrogen) atoms. The van der Waals surface area contributed by atoms with Gasteiger partial charge in [0.1, 0.15) is 48.8 Å². The number of carbonyl (C=O) groups excluding carboxylic acids is 1. The molecule has 0 bridgehead atoms. The lowest BCUT2D eigenvalue weighted by Crippen LogP contribution is -2.65. The van der Waals surface area contributed by atoms with Crippen molar-refractivity contribution in [3.63, 3.8) is 0 Å². The minimum absolute atomic E-state index is 0.249. The van der Waals surface area contributed by atoms with Gasteiger partial charge in [-0.3, -0.25) is 4.79 Å². The van der Waals surface area contributed by atoms with E-state index < -0.39 is 86.8 Å². The second kappa shape index (κ2) is 48.6. The van der Waals surface area contributed by atoms with Gasteiger partial charge < -0.3 is 65.1 Å². The highest BCUT2D eigenvalue weighted by Crippen LogP contribution is 2.30. The third-order valence-corrected chi connectivity index (χ3v) is 15.3. The first-order chi connectivity index (χ1) is 37.6. The SMILES string of the molecule is CC/C=C\C/C=C\C/C=C\CCCCCCCCCC(=O)NC(COC1OC(CO)C(OC2OC(CO)C(O)C(O)C2O)C(O)C1O)C(O)/C=C/CCCCCCCCCCCCCCCCCCCCCCCCCC. The Morgan fingerprint density at radius 3 is 1.38 bits per heavy atom. The van der Waals surface area contributed by atoms with Crippen molar-refractivity contribution in [3.8, 4) is 0 Å². The number of rotatable bonds is 50. The molecule has 12 unspecified atom stereocenters. The van der Waals surface area contributed by atoms with E-state index in [4.69, 9.17) is 18.9 Å². The lowest BCUT2D eigenvalue weighted by Gasteiger charge is -2.46. The first kappa shape index (κ1) is 71.1. The van der Waals surface area contributed by atoms with Gasteiger partial charge in [-0.2, -0.15) is 0 Å². The van der Waals surface area contributed by atoms with E-state index in [0.717, 1.165) is 70.6 Å². The Hall–Kier alpha value is -2.05. The van der Waals surface area contributed by atoms with E-state index >= 15 is 0 Å². The van der Waals surface area contributed by atoms with Crippen molar-refractivity contribution in [2.75, 3.05) is 19.8 Å². The van der Waals surface area contributed by atoms with Crippen LogP contribution in [0.15, 0.2) is 48.6 Å². The summed E-state index contributed by atoms with van der Waals surface area (Å²) < 4.78 is 22.8. The largest absolute Gasteiger partial charge is 0.394 e. The molecule has 2 aliphatic heterocycles. The van der Waals surface area contributed by atoms with E-state index in [9.17, 15) is 45.6 Å². The summed E-state index contributed by atoms with van der Waals surface area (Å²) in [5.74, 6) is -0.249. The summed E-state index contributed by atoms with van der Waals surface area (Å²) in [4.78, 5) is 13.3. The predicted molar refractivity (Wildman–Crippen MR) is 309 cm³/mol. The minimum Gasteiger partial charge on any atom is -0.394 e. The molecule has 450 valence electrons. The van der Waals surface area contributed by atoms with Crippen LogP contribution >= 0.6 is 0 Å². The second-order valence-corrected chi connectivity index (χ2v) is 22.2. The Bertz CT molecular complexity index is 1480. The van der Waals surface area contributed by atoms with Crippen molar-refractivity contribution in [2.24, 2.45) is 0 Å². The van der Waals surface area contributed by atoms with Gasteiger partial charge in [0.15, 0.2) is 12.6 Å². The first-order valence-corrected chi connectivity index (χ1v) is 31.4. The number of ether oxygens (including phenoxy) is 4. The van der Waals surface area contributed by atoms with Gasteiger partial charge in [-0.1, -0.05) is 242 Å². The van der Waals surface area contributed by atoms with E-state index in [1.54, 1.807) is 6.08 Å². The average Bonchev–Trinajstić information content (AvgIpc) is 3.44. The molecule has 2 aliphatic rings. The molecule has 2 heterocycles. The van der Waals surface area contributed by atoms with Gasteiger partial charge in [-0.05, 0) is 51.4 Å². The topological polar surface area (TPSA) is 228 Å². The smallest absolute Gasteiger partial charge is 0.220 e. The Labute approximate surface area is 467 Å². The van der Waals surface area contributed by atoms with Gasteiger partial charge >= 0.3 is 0 Å². The molecular weight excluding hydrogens is 979 g/mol. The number of unbranched alkanes of at least 4 members (excludes halogenated alkanes) is 31. The van der Waals surface area contributed by atoms with Crippen LogP contribution in [0, 0.1) is 0 Å². The number of hydrogen-bond acceptors (Lipinski definition) is 13. The van der Waals surface area contributed by atoms with Crippen molar-refractivity contribution in [3.05, 3.63) is 48.6 Å². The van der Waals surface area contributed by atoms with Crippen LogP contribution in [0.3, 0.4) is 0 Å². The summed E-state index contributed by atoms with van der Waals surface area (Å²) in [6.07, 6.45) is 44.4. The minimum atomic E-state index is -1.79. The molecule has 0 aromatic heterocycles. The molecule has 0 aromatic carbocycles. The number of nitrogens with one attached hydrogen (secondary N) is 1. The van der Waals surface area contributed by atoms with Gasteiger partial charge in [0.25, 0.3) is 0 Å². The number of aliphatic hydroxyl groups is 8. The van der Waals surface area contributed by atoms with Crippen LogP contribution in [0.1, 0.15) is 251 Å². The number of carbonyl (C=O) groups is 1. The average molecular weight is 1090 g/mol. The van der Waals surface area contributed by atoms with Crippen molar-refractivity contribution >= 4 is 5.91 Å². The highest BCUT2D eigenvalue weighted by atomic mass is 16.7. The standard InChI is InChI=1S/C63H115NO13/c1-3-5-7-9-11-13-15-17-19-21-22-23-24-25-26-27-28-29-31-32-34-36-38-40-42-44-46-52(67)51(64-55(68)47-45-43-41-39-37-35-33-30-20-18-16-14-12-10-8-6-4-2)50-74-62-60(73)58(71)61(54(49-66)76-62)77-63-59(72)57(70)56(69)53(48-65)75-63/h6,8,12,14,18,20,44,46,51-54,56-63,65-67,69-73H,3-5,7,9-11,13,15-17,19,21-43,45,47-50H2,1-2H3,(H,64,68)/b8-6-,14-12-,20-18-,46-44+. The fraction of sp³-hybridized carbons (Fsp3) is 0.857. The van der Waals surface area contributed by atoms with E-state index in [1.807, 2.05) is 6.08 Å². The van der Waals surface area contributed by atoms with Crippen LogP contribution in [0.25, 0.3) is 0 Å². The van der Waals surface area contributed by atoms with Crippen LogP contribution in [0.5, 0.6) is 0 Å². The summed E-state index contributed by atoms with van der Waals surface area (Å²) in [5.41, 5.74) is 0. The summed E-state index contributed by atoms with van der Waals surface area (Å²) >= 11 is 0. The van der Waals surface area contributed by atoms with Crippen LogP contribution in [-0.2, 0) is 23.7 Å². The van der Waals surface area contributed by atoms with Gasteiger partial charge in [0, 0.05) is 6.42 Å². The number of aliphatic hydroxyl groups excluding tert-OH is 8. The number of allylic oxidation sites excluding steroid dienone is 7. The normalized spacial score (nSPS) is 25.0. The molecule has 2 saturated heterocycles. The van der Waals surface area contributed by atoms with E-state index in [0.29, 0.717) is 6.42 Å². The van der Waals surface area contributed by atoms with Crippen molar-refractivity contribution in [1.29, 1.82) is 0 Å². The zero-order chi connectivity index (χ0) is 56.0. The highest BCUT2D eigenvalue weighted by Gasteiger charge is 2.51. The van der Waals surface area contributed by atoms with Gasteiger partial charge in [-0.25, -0.2) is 0 Å². The molecule has 0 spiro atoms.